The number of thioether (sulfide) groups is 1. The number of anilines is 1. The first-order chi connectivity index (χ1) is 11.7. The zero-order valence-electron chi connectivity index (χ0n) is 13.2. The highest BCUT2D eigenvalue weighted by Crippen LogP contribution is 2.40. The van der Waals surface area contributed by atoms with Crippen molar-refractivity contribution in [2.24, 2.45) is 0 Å². The highest BCUT2D eigenvalue weighted by atomic mass is 32.2. The summed E-state index contributed by atoms with van der Waals surface area (Å²) in [4.78, 5) is 23.0. The van der Waals surface area contributed by atoms with Gasteiger partial charge in [-0.2, -0.15) is 13.2 Å². The monoisotopic (exact) mass is 368 g/mol. The second-order valence-corrected chi connectivity index (χ2v) is 6.21. The molecule has 0 saturated carbocycles. The number of benzene rings is 2. The first kappa shape index (κ1) is 18.9. The zero-order chi connectivity index (χ0) is 18.4. The molecule has 2 aromatic carbocycles. The number of halogens is 3. The van der Waals surface area contributed by atoms with Crippen molar-refractivity contribution in [1.29, 1.82) is 0 Å². The zero-order valence-corrected chi connectivity index (χ0v) is 14.0. The maximum atomic E-state index is 12.6. The molecule has 0 fully saturated rings. The summed E-state index contributed by atoms with van der Waals surface area (Å²) in [5, 5.41) is 5.12. The number of amides is 2. The molecule has 0 heterocycles. The summed E-state index contributed by atoms with van der Waals surface area (Å²) in [5.74, 6) is -0.679. The molecule has 8 heteroatoms. The van der Waals surface area contributed by atoms with Crippen LogP contribution in [0.15, 0.2) is 53.4 Å². The first-order valence-corrected chi connectivity index (χ1v) is 8.06. The second kappa shape index (κ2) is 8.06. The van der Waals surface area contributed by atoms with E-state index in [1.165, 1.54) is 25.1 Å². The fourth-order valence-corrected chi connectivity index (χ4v) is 2.60. The summed E-state index contributed by atoms with van der Waals surface area (Å²) in [6.45, 7) is 1.74. The van der Waals surface area contributed by atoms with E-state index in [-0.39, 0.29) is 28.3 Å². The van der Waals surface area contributed by atoms with Gasteiger partial charge in [-0.25, -0.2) is 0 Å². The Balaban J connectivity index is 2.08. The Bertz CT molecular complexity index is 761. The molecule has 0 bridgehead atoms. The van der Waals surface area contributed by atoms with Crippen molar-refractivity contribution in [3.05, 3.63) is 59.7 Å². The minimum absolute atomic E-state index is 0.0781. The van der Waals surface area contributed by atoms with Crippen molar-refractivity contribution in [2.75, 3.05) is 5.32 Å². The van der Waals surface area contributed by atoms with Gasteiger partial charge in [-0.3, -0.25) is 9.59 Å². The van der Waals surface area contributed by atoms with Crippen LogP contribution in [0.1, 0.15) is 22.8 Å². The third-order valence-electron chi connectivity index (χ3n) is 3.12. The molecule has 0 aliphatic heterocycles. The molecule has 132 valence electrons. The van der Waals surface area contributed by atoms with Crippen LogP contribution in [0.2, 0.25) is 0 Å². The maximum Gasteiger partial charge on any atom is 0.446 e. The van der Waals surface area contributed by atoms with Gasteiger partial charge in [0.25, 0.3) is 5.91 Å². The van der Waals surface area contributed by atoms with Crippen LogP contribution in [0.3, 0.4) is 0 Å². The highest BCUT2D eigenvalue weighted by Gasteiger charge is 2.30. The van der Waals surface area contributed by atoms with E-state index in [2.05, 4.69) is 10.6 Å². The van der Waals surface area contributed by atoms with E-state index < -0.39 is 11.4 Å². The lowest BCUT2D eigenvalue weighted by Crippen LogP contribution is -2.19. The average Bonchev–Trinajstić information content (AvgIpc) is 2.54. The van der Waals surface area contributed by atoms with E-state index in [9.17, 15) is 22.8 Å². The van der Waals surface area contributed by atoms with E-state index in [1.54, 1.807) is 30.3 Å². The third kappa shape index (κ3) is 6.15. The van der Waals surface area contributed by atoms with Crippen LogP contribution in [0.5, 0.6) is 0 Å². The second-order valence-electron chi connectivity index (χ2n) is 5.10. The number of alkyl halides is 3. The Hall–Kier alpha value is -2.48. The lowest BCUT2D eigenvalue weighted by atomic mass is 10.1. The molecular formula is C17H15F3N2O2S. The number of carbonyl (C=O) groups is 2. The summed E-state index contributed by atoms with van der Waals surface area (Å²) in [7, 11) is 0. The summed E-state index contributed by atoms with van der Waals surface area (Å²) in [6.07, 6.45) is 0. The smallest absolute Gasteiger partial charge is 0.352 e. The maximum absolute atomic E-state index is 12.6. The molecule has 0 aliphatic rings. The van der Waals surface area contributed by atoms with Gasteiger partial charge in [0.05, 0.1) is 5.69 Å². The Morgan fingerprint density at radius 1 is 1.04 bits per heavy atom. The molecule has 0 spiro atoms. The van der Waals surface area contributed by atoms with Gasteiger partial charge in [0.15, 0.2) is 0 Å². The predicted molar refractivity (Wildman–Crippen MR) is 90.3 cm³/mol. The molecule has 0 aliphatic carbocycles. The van der Waals surface area contributed by atoms with Crippen molar-refractivity contribution in [3.63, 3.8) is 0 Å². The largest absolute Gasteiger partial charge is 0.446 e. The number of carbonyl (C=O) groups excluding carboxylic acids is 2. The van der Waals surface area contributed by atoms with Crippen molar-refractivity contribution in [1.82, 2.24) is 5.32 Å². The molecule has 4 nitrogen and oxygen atoms in total. The lowest BCUT2D eigenvalue weighted by Gasteiger charge is -2.12. The van der Waals surface area contributed by atoms with Crippen LogP contribution >= 0.6 is 11.8 Å². The molecule has 0 saturated heterocycles. The molecule has 0 radical (unpaired) electrons. The minimum Gasteiger partial charge on any atom is -0.352 e. The van der Waals surface area contributed by atoms with Crippen molar-refractivity contribution < 1.29 is 22.8 Å². The molecule has 2 aromatic rings. The van der Waals surface area contributed by atoms with Gasteiger partial charge >= 0.3 is 5.51 Å². The fourth-order valence-electron chi connectivity index (χ4n) is 1.98. The molecule has 2 N–H and O–H groups in total. The topological polar surface area (TPSA) is 58.2 Å². The van der Waals surface area contributed by atoms with Crippen molar-refractivity contribution in [2.45, 2.75) is 23.9 Å². The fraction of sp³-hybridized carbons (Fsp3) is 0.176. The summed E-state index contributed by atoms with van der Waals surface area (Å²) >= 11 is -0.279. The number of nitrogens with one attached hydrogen (secondary N) is 2. The third-order valence-corrected chi connectivity index (χ3v) is 3.93. The van der Waals surface area contributed by atoms with Crippen LogP contribution in [-0.4, -0.2) is 17.3 Å². The van der Waals surface area contributed by atoms with Gasteiger partial charge in [0.2, 0.25) is 5.91 Å². The molecule has 0 aromatic heterocycles. The van der Waals surface area contributed by atoms with E-state index in [1.807, 2.05) is 0 Å². The predicted octanol–water partition coefficient (Wildman–Crippen LogP) is 4.19. The Labute approximate surface area is 146 Å². The highest BCUT2D eigenvalue weighted by molar-refractivity contribution is 8.00. The van der Waals surface area contributed by atoms with Crippen LogP contribution in [0.4, 0.5) is 18.9 Å². The quantitative estimate of drug-likeness (QED) is 0.778. The standard InChI is InChI=1S/C17H15F3N2O2S/c1-11(23)21-10-12-6-8-13(9-7-12)16(24)22-14-4-2-3-5-15(14)25-17(18,19)20/h2-9H,10H2,1H3,(H,21,23)(H,22,24). The summed E-state index contributed by atoms with van der Waals surface area (Å²) in [5.41, 5.74) is -3.23. The van der Waals surface area contributed by atoms with E-state index in [0.29, 0.717) is 12.1 Å². The molecule has 0 atom stereocenters. The Kier molecular flexibility index (Phi) is 6.08. The Morgan fingerprint density at radius 2 is 1.68 bits per heavy atom. The van der Waals surface area contributed by atoms with Crippen molar-refractivity contribution >= 4 is 29.3 Å². The molecular weight excluding hydrogens is 353 g/mol. The molecule has 25 heavy (non-hydrogen) atoms. The van der Waals surface area contributed by atoms with Gasteiger partial charge < -0.3 is 10.6 Å². The van der Waals surface area contributed by atoms with Gasteiger partial charge in [0.1, 0.15) is 0 Å². The summed E-state index contributed by atoms with van der Waals surface area (Å²) in [6, 6.07) is 12.2. The van der Waals surface area contributed by atoms with E-state index in [4.69, 9.17) is 0 Å². The number of hydrogen-bond acceptors (Lipinski definition) is 3. The van der Waals surface area contributed by atoms with E-state index in [0.717, 1.165) is 5.56 Å². The minimum atomic E-state index is -4.44. The van der Waals surface area contributed by atoms with Crippen molar-refractivity contribution in [3.8, 4) is 0 Å². The van der Waals surface area contributed by atoms with Gasteiger partial charge in [-0.05, 0) is 41.6 Å². The van der Waals surface area contributed by atoms with Gasteiger partial charge in [-0.1, -0.05) is 24.3 Å². The number of rotatable bonds is 5. The Morgan fingerprint density at radius 3 is 2.28 bits per heavy atom. The van der Waals surface area contributed by atoms with E-state index >= 15 is 0 Å². The summed E-state index contributed by atoms with van der Waals surface area (Å²) < 4.78 is 37.7. The van der Waals surface area contributed by atoms with Crippen LogP contribution in [0.25, 0.3) is 0 Å². The van der Waals surface area contributed by atoms with Gasteiger partial charge in [0, 0.05) is 23.9 Å². The van der Waals surface area contributed by atoms with Crippen LogP contribution in [0, 0.1) is 0 Å². The SMILES string of the molecule is CC(=O)NCc1ccc(C(=O)Nc2ccccc2SC(F)(F)F)cc1. The van der Waals surface area contributed by atoms with Crippen LogP contribution in [-0.2, 0) is 11.3 Å². The number of para-hydroxylation sites is 1. The van der Waals surface area contributed by atoms with Gasteiger partial charge in [-0.15, -0.1) is 0 Å². The molecule has 2 amide bonds. The molecule has 0 unspecified atom stereocenters. The first-order valence-electron chi connectivity index (χ1n) is 7.24. The van der Waals surface area contributed by atoms with Crippen LogP contribution < -0.4 is 10.6 Å². The average molecular weight is 368 g/mol. The number of hydrogen-bond donors (Lipinski definition) is 2. The lowest BCUT2D eigenvalue weighted by molar-refractivity contribution is -0.119. The normalized spacial score (nSPS) is 11.0. The molecule has 2 rings (SSSR count).